The van der Waals surface area contributed by atoms with Crippen LogP contribution in [0.4, 0.5) is 0 Å². The van der Waals surface area contributed by atoms with Crippen molar-refractivity contribution in [1.29, 1.82) is 0 Å². The molecule has 0 aromatic rings. The summed E-state index contributed by atoms with van der Waals surface area (Å²) in [6.07, 6.45) is 6.32. The third-order valence-electron chi connectivity index (χ3n) is 4.61. The van der Waals surface area contributed by atoms with Crippen molar-refractivity contribution < 1.29 is 0 Å². The third-order valence-corrected chi connectivity index (χ3v) is 4.61. The van der Waals surface area contributed by atoms with Crippen molar-refractivity contribution >= 4 is 0 Å². The molecule has 2 aliphatic heterocycles. The van der Waals surface area contributed by atoms with E-state index in [9.17, 15) is 0 Å². The first kappa shape index (κ1) is 15.0. The van der Waals surface area contributed by atoms with Gasteiger partial charge < -0.3 is 9.80 Å². The minimum Gasteiger partial charge on any atom is -0.306 e. The number of hydrogen-bond acceptors (Lipinski definition) is 3. The highest BCUT2D eigenvalue weighted by atomic mass is 15.3. The molecular weight excluding hydrogens is 234 g/mol. The SMILES string of the molecule is CC(C)=CCCN1CCN(C2CCN(C)CC2)CC1. The number of allylic oxidation sites excluding steroid dienone is 1. The summed E-state index contributed by atoms with van der Waals surface area (Å²) in [6.45, 7) is 13.3. The number of rotatable bonds is 4. The second-order valence-electron chi connectivity index (χ2n) is 6.48. The van der Waals surface area contributed by atoms with Crippen LogP contribution in [0.3, 0.4) is 0 Å². The molecule has 2 rings (SSSR count). The van der Waals surface area contributed by atoms with E-state index in [4.69, 9.17) is 0 Å². The normalized spacial score (nSPS) is 24.6. The molecule has 3 nitrogen and oxygen atoms in total. The lowest BCUT2D eigenvalue weighted by Gasteiger charge is -2.42. The van der Waals surface area contributed by atoms with Gasteiger partial charge in [0.25, 0.3) is 0 Å². The van der Waals surface area contributed by atoms with Crippen LogP contribution in [0.1, 0.15) is 33.1 Å². The van der Waals surface area contributed by atoms with Crippen LogP contribution < -0.4 is 0 Å². The van der Waals surface area contributed by atoms with Crippen LogP contribution in [-0.2, 0) is 0 Å². The predicted molar refractivity (Wildman–Crippen MR) is 82.6 cm³/mol. The van der Waals surface area contributed by atoms with E-state index in [0.29, 0.717) is 0 Å². The van der Waals surface area contributed by atoms with Crippen LogP contribution in [0.25, 0.3) is 0 Å². The smallest absolute Gasteiger partial charge is 0.0121 e. The van der Waals surface area contributed by atoms with Crippen molar-refractivity contribution in [3.8, 4) is 0 Å². The maximum Gasteiger partial charge on any atom is 0.0121 e. The molecule has 0 aromatic carbocycles. The summed E-state index contributed by atoms with van der Waals surface area (Å²) >= 11 is 0. The first-order valence-electron chi connectivity index (χ1n) is 7.93. The fourth-order valence-corrected chi connectivity index (χ4v) is 3.25. The zero-order chi connectivity index (χ0) is 13.7. The largest absolute Gasteiger partial charge is 0.306 e. The molecular formula is C16H31N3. The van der Waals surface area contributed by atoms with E-state index in [2.05, 4.69) is 41.7 Å². The van der Waals surface area contributed by atoms with E-state index in [0.717, 1.165) is 6.04 Å². The number of piperidine rings is 1. The average molecular weight is 265 g/mol. The van der Waals surface area contributed by atoms with Gasteiger partial charge in [-0.3, -0.25) is 4.90 Å². The monoisotopic (exact) mass is 265 g/mol. The Morgan fingerprint density at radius 2 is 1.63 bits per heavy atom. The Labute approximate surface area is 119 Å². The highest BCUT2D eigenvalue weighted by Crippen LogP contribution is 2.17. The van der Waals surface area contributed by atoms with Crippen LogP contribution >= 0.6 is 0 Å². The Kier molecular flexibility index (Phi) is 5.86. The fourth-order valence-electron chi connectivity index (χ4n) is 3.25. The predicted octanol–water partition coefficient (Wildman–Crippen LogP) is 2.05. The molecule has 0 spiro atoms. The first-order valence-corrected chi connectivity index (χ1v) is 7.93. The van der Waals surface area contributed by atoms with Gasteiger partial charge >= 0.3 is 0 Å². The summed E-state index contributed by atoms with van der Waals surface area (Å²) in [7, 11) is 2.25. The number of hydrogen-bond donors (Lipinski definition) is 0. The third kappa shape index (κ3) is 4.90. The van der Waals surface area contributed by atoms with E-state index in [-0.39, 0.29) is 0 Å². The highest BCUT2D eigenvalue weighted by Gasteiger charge is 2.25. The number of piperazine rings is 1. The molecule has 0 N–H and O–H groups in total. The van der Waals surface area contributed by atoms with Gasteiger partial charge in [0.2, 0.25) is 0 Å². The Balaban J connectivity index is 1.66. The van der Waals surface area contributed by atoms with Gasteiger partial charge in [-0.05, 0) is 53.2 Å². The molecule has 2 heterocycles. The lowest BCUT2D eigenvalue weighted by atomic mass is 10.0. The number of nitrogens with zero attached hydrogens (tertiary/aromatic N) is 3. The van der Waals surface area contributed by atoms with Crippen molar-refractivity contribution in [2.45, 2.75) is 39.2 Å². The molecule has 0 unspecified atom stereocenters. The van der Waals surface area contributed by atoms with Gasteiger partial charge in [-0.15, -0.1) is 0 Å². The van der Waals surface area contributed by atoms with Crippen molar-refractivity contribution in [2.75, 3.05) is 52.9 Å². The second kappa shape index (κ2) is 7.41. The Hall–Kier alpha value is -0.380. The topological polar surface area (TPSA) is 9.72 Å². The van der Waals surface area contributed by atoms with Gasteiger partial charge in [-0.1, -0.05) is 11.6 Å². The summed E-state index contributed by atoms with van der Waals surface area (Å²) in [4.78, 5) is 7.83. The van der Waals surface area contributed by atoms with E-state index >= 15 is 0 Å². The summed E-state index contributed by atoms with van der Waals surface area (Å²) in [5.41, 5.74) is 1.45. The summed E-state index contributed by atoms with van der Waals surface area (Å²) < 4.78 is 0. The summed E-state index contributed by atoms with van der Waals surface area (Å²) in [5.74, 6) is 0. The molecule has 2 fully saturated rings. The van der Waals surface area contributed by atoms with Gasteiger partial charge in [-0.25, -0.2) is 0 Å². The molecule has 0 aromatic heterocycles. The molecule has 110 valence electrons. The quantitative estimate of drug-likeness (QED) is 0.720. The van der Waals surface area contributed by atoms with E-state index in [1.165, 1.54) is 70.6 Å². The summed E-state index contributed by atoms with van der Waals surface area (Å²) in [6, 6.07) is 0.858. The van der Waals surface area contributed by atoms with Crippen molar-refractivity contribution in [2.24, 2.45) is 0 Å². The van der Waals surface area contributed by atoms with E-state index < -0.39 is 0 Å². The zero-order valence-corrected chi connectivity index (χ0v) is 13.1. The van der Waals surface area contributed by atoms with Crippen LogP contribution in [0.5, 0.6) is 0 Å². The minimum atomic E-state index is 0.858. The molecule has 0 aliphatic carbocycles. The fraction of sp³-hybridized carbons (Fsp3) is 0.875. The minimum absolute atomic E-state index is 0.858. The molecule has 0 saturated carbocycles. The van der Waals surface area contributed by atoms with Gasteiger partial charge in [0, 0.05) is 38.8 Å². The van der Waals surface area contributed by atoms with E-state index in [1.807, 2.05) is 0 Å². The van der Waals surface area contributed by atoms with Crippen LogP contribution in [-0.4, -0.2) is 73.6 Å². The lowest BCUT2D eigenvalue weighted by Crippen LogP contribution is -2.52. The zero-order valence-electron chi connectivity index (χ0n) is 13.1. The van der Waals surface area contributed by atoms with Crippen LogP contribution in [0.2, 0.25) is 0 Å². The lowest BCUT2D eigenvalue weighted by molar-refractivity contribution is 0.0654. The van der Waals surface area contributed by atoms with Crippen molar-refractivity contribution in [3.05, 3.63) is 11.6 Å². The molecule has 0 amide bonds. The van der Waals surface area contributed by atoms with Crippen molar-refractivity contribution in [3.63, 3.8) is 0 Å². The first-order chi connectivity index (χ1) is 9.15. The maximum absolute atomic E-state index is 2.74. The average Bonchev–Trinajstić information content (AvgIpc) is 2.40. The van der Waals surface area contributed by atoms with Crippen LogP contribution in [0.15, 0.2) is 11.6 Å². The summed E-state index contributed by atoms with van der Waals surface area (Å²) in [5, 5.41) is 0. The molecule has 0 bridgehead atoms. The second-order valence-corrected chi connectivity index (χ2v) is 6.48. The van der Waals surface area contributed by atoms with Gasteiger partial charge in [0.15, 0.2) is 0 Å². The molecule has 3 heteroatoms. The molecule has 2 saturated heterocycles. The Morgan fingerprint density at radius 1 is 1.00 bits per heavy atom. The molecule has 0 atom stereocenters. The van der Waals surface area contributed by atoms with Crippen molar-refractivity contribution in [1.82, 2.24) is 14.7 Å². The molecule has 2 aliphatic rings. The maximum atomic E-state index is 2.74. The Bertz CT molecular complexity index is 280. The standard InChI is InChI=1S/C16H31N3/c1-15(2)5-4-8-18-11-13-19(14-12-18)16-6-9-17(3)10-7-16/h5,16H,4,6-14H2,1-3H3. The van der Waals surface area contributed by atoms with E-state index in [1.54, 1.807) is 0 Å². The number of likely N-dealkylation sites (tertiary alicyclic amines) is 1. The van der Waals surface area contributed by atoms with Gasteiger partial charge in [0.05, 0.1) is 0 Å². The molecule has 19 heavy (non-hydrogen) atoms. The van der Waals surface area contributed by atoms with Crippen LogP contribution in [0, 0.1) is 0 Å². The highest BCUT2D eigenvalue weighted by molar-refractivity contribution is 4.93. The Morgan fingerprint density at radius 3 is 2.21 bits per heavy atom. The van der Waals surface area contributed by atoms with Gasteiger partial charge in [-0.2, -0.15) is 0 Å². The molecule has 0 radical (unpaired) electrons. The van der Waals surface area contributed by atoms with Gasteiger partial charge in [0.1, 0.15) is 0 Å².